The van der Waals surface area contributed by atoms with E-state index >= 15 is 0 Å². The Kier molecular flexibility index (Phi) is 5.26. The maximum absolute atomic E-state index is 11.7. The lowest BCUT2D eigenvalue weighted by molar-refractivity contribution is 0.0526. The van der Waals surface area contributed by atoms with Gasteiger partial charge in [0.15, 0.2) is 5.82 Å². The number of halogens is 1. The molecule has 2 rings (SSSR count). The first-order valence-corrected chi connectivity index (χ1v) is 7.43. The molecular formula is C13H16BrN5O2. The van der Waals surface area contributed by atoms with Crippen LogP contribution in [0.3, 0.4) is 0 Å². The summed E-state index contributed by atoms with van der Waals surface area (Å²) in [6.45, 7) is 4.93. The first-order valence-electron chi connectivity index (χ1n) is 6.64. The molecule has 0 aromatic carbocycles. The van der Waals surface area contributed by atoms with Crippen LogP contribution < -0.4 is 5.32 Å². The van der Waals surface area contributed by atoms with Crippen LogP contribution in [-0.4, -0.2) is 38.9 Å². The Labute approximate surface area is 130 Å². The van der Waals surface area contributed by atoms with Gasteiger partial charge in [0.05, 0.1) is 22.8 Å². The molecule has 0 saturated carbocycles. The summed E-state index contributed by atoms with van der Waals surface area (Å²) in [6.07, 6.45) is 5.65. The van der Waals surface area contributed by atoms with Crippen LogP contribution in [-0.2, 0) is 4.74 Å². The first-order chi connectivity index (χ1) is 10.2. The lowest BCUT2D eigenvalue weighted by Gasteiger charge is -2.07. The highest BCUT2D eigenvalue weighted by Gasteiger charge is 2.13. The van der Waals surface area contributed by atoms with Crippen LogP contribution in [0.2, 0.25) is 0 Å². The number of nitrogens with zero attached hydrogens (tertiary/aromatic N) is 4. The highest BCUT2D eigenvalue weighted by Crippen LogP contribution is 2.19. The zero-order valence-corrected chi connectivity index (χ0v) is 13.4. The van der Waals surface area contributed by atoms with Crippen LogP contribution in [0.1, 0.15) is 30.6 Å². The molecule has 0 unspecified atom stereocenters. The summed E-state index contributed by atoms with van der Waals surface area (Å²) in [6, 6.07) is 0. The third-order valence-corrected chi connectivity index (χ3v) is 3.13. The van der Waals surface area contributed by atoms with Gasteiger partial charge in [0.1, 0.15) is 0 Å². The number of anilines is 1. The molecule has 7 nitrogen and oxygen atoms in total. The number of nitrogens with one attached hydrogen (secondary N) is 1. The van der Waals surface area contributed by atoms with Crippen LogP contribution in [0, 0.1) is 0 Å². The molecule has 2 aromatic heterocycles. The average Bonchev–Trinajstić information content (AvgIpc) is 2.96. The van der Waals surface area contributed by atoms with Crippen LogP contribution in [0.25, 0.3) is 5.82 Å². The summed E-state index contributed by atoms with van der Waals surface area (Å²) in [5.41, 5.74) is 0.380. The van der Waals surface area contributed by atoms with Crippen LogP contribution in [0.5, 0.6) is 0 Å². The maximum Gasteiger partial charge on any atom is 0.341 e. The number of hydrogen-bond donors (Lipinski definition) is 1. The fourth-order valence-corrected chi connectivity index (χ4v) is 1.97. The number of carbonyl (C=O) groups is 1. The van der Waals surface area contributed by atoms with E-state index in [1.165, 1.54) is 10.9 Å². The predicted octanol–water partition coefficient (Wildman–Crippen LogP) is 2.42. The molecule has 21 heavy (non-hydrogen) atoms. The minimum atomic E-state index is -0.404. The lowest BCUT2D eigenvalue weighted by Crippen LogP contribution is -2.08. The molecule has 8 heteroatoms. The van der Waals surface area contributed by atoms with Gasteiger partial charge < -0.3 is 10.1 Å². The van der Waals surface area contributed by atoms with E-state index in [2.05, 4.69) is 43.2 Å². The van der Waals surface area contributed by atoms with Crippen molar-refractivity contribution in [2.75, 3.05) is 18.5 Å². The van der Waals surface area contributed by atoms with E-state index < -0.39 is 5.97 Å². The normalized spacial score (nSPS) is 10.4. The summed E-state index contributed by atoms with van der Waals surface area (Å²) in [4.78, 5) is 20.2. The molecule has 0 bridgehead atoms. The Morgan fingerprint density at radius 1 is 1.43 bits per heavy atom. The van der Waals surface area contributed by atoms with Gasteiger partial charge in [-0.25, -0.2) is 14.5 Å². The molecule has 2 heterocycles. The van der Waals surface area contributed by atoms with Crippen LogP contribution in [0.4, 0.5) is 5.95 Å². The Balaban J connectivity index is 2.26. The van der Waals surface area contributed by atoms with Crippen molar-refractivity contribution in [3.63, 3.8) is 0 Å². The second-order valence-electron chi connectivity index (χ2n) is 4.19. The summed E-state index contributed by atoms with van der Waals surface area (Å²) in [7, 11) is 0. The van der Waals surface area contributed by atoms with E-state index in [-0.39, 0.29) is 0 Å². The van der Waals surface area contributed by atoms with Gasteiger partial charge in [-0.3, -0.25) is 0 Å². The summed E-state index contributed by atoms with van der Waals surface area (Å²) in [5.74, 6) is 0.667. The molecule has 0 aliphatic carbocycles. The van der Waals surface area contributed by atoms with Gasteiger partial charge in [-0.2, -0.15) is 10.1 Å². The highest BCUT2D eigenvalue weighted by atomic mass is 79.9. The quantitative estimate of drug-likeness (QED) is 0.803. The molecule has 0 radical (unpaired) electrons. The molecule has 0 aliphatic heterocycles. The van der Waals surface area contributed by atoms with Gasteiger partial charge in [0, 0.05) is 18.9 Å². The second-order valence-corrected chi connectivity index (χ2v) is 5.04. The molecule has 2 aromatic rings. The third kappa shape index (κ3) is 3.78. The number of carbonyl (C=O) groups excluding carboxylic acids is 1. The summed E-state index contributed by atoms with van der Waals surface area (Å²) in [5, 5.41) is 7.25. The molecule has 1 N–H and O–H groups in total. The van der Waals surface area contributed by atoms with E-state index in [1.807, 2.05) is 0 Å². The van der Waals surface area contributed by atoms with Crippen LogP contribution >= 0.6 is 15.9 Å². The van der Waals surface area contributed by atoms with Crippen molar-refractivity contribution >= 4 is 27.8 Å². The van der Waals surface area contributed by atoms with Crippen molar-refractivity contribution < 1.29 is 9.53 Å². The molecular weight excluding hydrogens is 338 g/mol. The summed E-state index contributed by atoms with van der Waals surface area (Å²) < 4.78 is 7.13. The maximum atomic E-state index is 11.7. The van der Waals surface area contributed by atoms with E-state index in [4.69, 9.17) is 4.74 Å². The van der Waals surface area contributed by atoms with Gasteiger partial charge in [0.2, 0.25) is 5.95 Å². The van der Waals surface area contributed by atoms with Crippen molar-refractivity contribution in [3.8, 4) is 5.82 Å². The van der Waals surface area contributed by atoms with E-state index in [1.54, 1.807) is 19.3 Å². The van der Waals surface area contributed by atoms with Crippen molar-refractivity contribution in [2.45, 2.75) is 20.3 Å². The summed E-state index contributed by atoms with van der Waals surface area (Å²) >= 11 is 3.38. The van der Waals surface area contributed by atoms with Crippen molar-refractivity contribution in [3.05, 3.63) is 28.6 Å². The fourth-order valence-electron chi connectivity index (χ4n) is 1.60. The Hall–Kier alpha value is -1.96. The van der Waals surface area contributed by atoms with E-state index in [0.29, 0.717) is 28.4 Å². The van der Waals surface area contributed by atoms with E-state index in [9.17, 15) is 4.79 Å². The van der Waals surface area contributed by atoms with Gasteiger partial charge in [-0.1, -0.05) is 6.92 Å². The first kappa shape index (κ1) is 15.4. The third-order valence-electron chi connectivity index (χ3n) is 2.57. The van der Waals surface area contributed by atoms with Gasteiger partial charge >= 0.3 is 5.97 Å². The molecule has 0 saturated heterocycles. The standard InChI is InChI=1S/C13H16BrN5O2/c1-3-5-15-13-16-7-10(14)11(18-13)19-8-9(6-17-19)12(20)21-4-2/h6-8H,3-5H2,1-2H3,(H,15,16,18). The van der Waals surface area contributed by atoms with Crippen molar-refractivity contribution in [1.82, 2.24) is 19.7 Å². The average molecular weight is 354 g/mol. The molecule has 0 aliphatic rings. The van der Waals surface area contributed by atoms with Crippen molar-refractivity contribution in [1.29, 1.82) is 0 Å². The fraction of sp³-hybridized carbons (Fsp3) is 0.385. The van der Waals surface area contributed by atoms with Gasteiger partial charge in [-0.15, -0.1) is 0 Å². The highest BCUT2D eigenvalue weighted by molar-refractivity contribution is 9.10. The van der Waals surface area contributed by atoms with Gasteiger partial charge in [-0.05, 0) is 29.3 Å². The molecule has 0 amide bonds. The molecule has 0 fully saturated rings. The topological polar surface area (TPSA) is 81.9 Å². The Bertz CT molecular complexity index is 629. The smallest absolute Gasteiger partial charge is 0.341 e. The van der Waals surface area contributed by atoms with Gasteiger partial charge in [0.25, 0.3) is 0 Å². The SMILES string of the molecule is CCCNc1ncc(Br)c(-n2cc(C(=O)OCC)cn2)n1. The Morgan fingerprint density at radius 3 is 2.95 bits per heavy atom. The zero-order chi connectivity index (χ0) is 15.2. The predicted molar refractivity (Wildman–Crippen MR) is 81.6 cm³/mol. The Morgan fingerprint density at radius 2 is 2.24 bits per heavy atom. The number of esters is 1. The number of rotatable bonds is 6. The molecule has 0 atom stereocenters. The zero-order valence-electron chi connectivity index (χ0n) is 11.8. The van der Waals surface area contributed by atoms with Crippen LogP contribution in [0.15, 0.2) is 23.1 Å². The molecule has 112 valence electrons. The van der Waals surface area contributed by atoms with E-state index in [0.717, 1.165) is 13.0 Å². The monoisotopic (exact) mass is 353 g/mol. The lowest BCUT2D eigenvalue weighted by atomic mass is 10.4. The molecule has 0 spiro atoms. The number of hydrogen-bond acceptors (Lipinski definition) is 6. The second kappa shape index (κ2) is 7.16. The minimum absolute atomic E-state index is 0.326. The minimum Gasteiger partial charge on any atom is -0.462 e. The number of ether oxygens (including phenoxy) is 1. The number of aromatic nitrogens is 4. The van der Waals surface area contributed by atoms with Crippen molar-refractivity contribution in [2.24, 2.45) is 0 Å². The largest absolute Gasteiger partial charge is 0.462 e.